The number of hydrogen-bond acceptors (Lipinski definition) is 3. The van der Waals surface area contributed by atoms with Crippen molar-refractivity contribution in [1.82, 2.24) is 4.98 Å². The van der Waals surface area contributed by atoms with E-state index in [1.165, 1.54) is 12.1 Å². The minimum Gasteiger partial charge on any atom is -0.458 e. The SMILES string of the molecule is CC(O)(c1ccc(F)cn1)c1cc2cc(Cl)ccc2o1. The Bertz CT molecular complexity index is 765. The lowest BCUT2D eigenvalue weighted by molar-refractivity contribution is 0.0740. The van der Waals surface area contributed by atoms with Crippen LogP contribution in [-0.2, 0) is 5.60 Å². The first kappa shape index (κ1) is 13.1. The van der Waals surface area contributed by atoms with Gasteiger partial charge in [-0.05, 0) is 43.3 Å². The van der Waals surface area contributed by atoms with Gasteiger partial charge in [-0.15, -0.1) is 0 Å². The van der Waals surface area contributed by atoms with Crippen LogP contribution >= 0.6 is 11.6 Å². The van der Waals surface area contributed by atoms with Crippen LogP contribution in [0.4, 0.5) is 4.39 Å². The molecule has 1 atom stereocenters. The van der Waals surface area contributed by atoms with E-state index in [1.807, 2.05) is 0 Å². The van der Waals surface area contributed by atoms with Crippen molar-refractivity contribution in [3.8, 4) is 0 Å². The summed E-state index contributed by atoms with van der Waals surface area (Å²) in [6, 6.07) is 9.56. The fraction of sp³-hybridized carbons (Fsp3) is 0.133. The lowest BCUT2D eigenvalue weighted by Crippen LogP contribution is -2.23. The summed E-state index contributed by atoms with van der Waals surface area (Å²) in [6.45, 7) is 1.55. The molecule has 1 unspecified atom stereocenters. The van der Waals surface area contributed by atoms with E-state index in [9.17, 15) is 9.50 Å². The minimum absolute atomic E-state index is 0.309. The number of aromatic nitrogens is 1. The lowest BCUT2D eigenvalue weighted by atomic mass is 9.98. The Labute approximate surface area is 119 Å². The number of benzene rings is 1. The first-order valence-corrected chi connectivity index (χ1v) is 6.38. The molecule has 102 valence electrons. The minimum atomic E-state index is -1.45. The average molecular weight is 292 g/mol. The Morgan fingerprint density at radius 3 is 2.75 bits per heavy atom. The van der Waals surface area contributed by atoms with Gasteiger partial charge in [-0.25, -0.2) is 4.39 Å². The van der Waals surface area contributed by atoms with Crippen molar-refractivity contribution < 1.29 is 13.9 Å². The third-order valence-electron chi connectivity index (χ3n) is 3.18. The average Bonchev–Trinajstić information content (AvgIpc) is 2.83. The van der Waals surface area contributed by atoms with Gasteiger partial charge < -0.3 is 9.52 Å². The molecule has 3 aromatic rings. The smallest absolute Gasteiger partial charge is 0.161 e. The molecule has 3 nitrogen and oxygen atoms in total. The standard InChI is InChI=1S/C15H11ClFNO2/c1-15(19,13-5-3-11(17)8-18-13)14-7-9-6-10(16)2-4-12(9)20-14/h2-8,19H,1H3. The molecule has 0 aliphatic heterocycles. The van der Waals surface area contributed by atoms with Gasteiger partial charge in [0.25, 0.3) is 0 Å². The van der Waals surface area contributed by atoms with Crippen LogP contribution in [0.15, 0.2) is 47.0 Å². The molecule has 0 amide bonds. The first-order valence-electron chi connectivity index (χ1n) is 6.01. The molecule has 0 aliphatic rings. The summed E-state index contributed by atoms with van der Waals surface area (Å²) in [6.07, 6.45) is 1.06. The number of furan rings is 1. The molecule has 0 saturated carbocycles. The molecule has 3 rings (SSSR count). The number of halogens is 2. The van der Waals surface area contributed by atoms with E-state index >= 15 is 0 Å². The van der Waals surface area contributed by atoms with E-state index in [2.05, 4.69) is 4.98 Å². The van der Waals surface area contributed by atoms with Crippen molar-refractivity contribution in [2.75, 3.05) is 0 Å². The normalized spacial score (nSPS) is 14.4. The van der Waals surface area contributed by atoms with Crippen LogP contribution in [0.25, 0.3) is 11.0 Å². The molecule has 1 aromatic carbocycles. The van der Waals surface area contributed by atoms with Gasteiger partial charge in [0.15, 0.2) is 5.60 Å². The first-order chi connectivity index (χ1) is 9.46. The highest BCUT2D eigenvalue weighted by Gasteiger charge is 2.31. The molecule has 20 heavy (non-hydrogen) atoms. The summed E-state index contributed by atoms with van der Waals surface area (Å²) in [5, 5.41) is 12.0. The Morgan fingerprint density at radius 1 is 1.25 bits per heavy atom. The lowest BCUT2D eigenvalue weighted by Gasteiger charge is -2.19. The maximum Gasteiger partial charge on any atom is 0.161 e. The summed E-state index contributed by atoms with van der Waals surface area (Å²) in [7, 11) is 0. The van der Waals surface area contributed by atoms with Crippen molar-refractivity contribution in [3.05, 3.63) is 64.9 Å². The number of pyridine rings is 1. The monoisotopic (exact) mass is 291 g/mol. The second-order valence-electron chi connectivity index (χ2n) is 4.73. The Morgan fingerprint density at radius 2 is 2.05 bits per heavy atom. The second-order valence-corrected chi connectivity index (χ2v) is 5.16. The van der Waals surface area contributed by atoms with Crippen LogP contribution < -0.4 is 0 Å². The zero-order valence-electron chi connectivity index (χ0n) is 10.6. The van der Waals surface area contributed by atoms with Crippen molar-refractivity contribution in [2.45, 2.75) is 12.5 Å². The van der Waals surface area contributed by atoms with Gasteiger partial charge >= 0.3 is 0 Å². The summed E-state index contributed by atoms with van der Waals surface area (Å²) in [4.78, 5) is 3.90. The molecular formula is C15H11ClFNO2. The Balaban J connectivity index is 2.10. The summed E-state index contributed by atoms with van der Waals surface area (Å²) < 4.78 is 18.5. The summed E-state index contributed by atoms with van der Waals surface area (Å²) >= 11 is 5.92. The zero-order chi connectivity index (χ0) is 14.3. The number of fused-ring (bicyclic) bond motifs is 1. The third kappa shape index (κ3) is 2.17. The van der Waals surface area contributed by atoms with Crippen LogP contribution in [0.3, 0.4) is 0 Å². The van der Waals surface area contributed by atoms with Crippen LogP contribution in [0.2, 0.25) is 5.02 Å². The van der Waals surface area contributed by atoms with Gasteiger partial charge in [0, 0.05) is 10.4 Å². The molecule has 0 spiro atoms. The van der Waals surface area contributed by atoms with Gasteiger partial charge in [-0.2, -0.15) is 0 Å². The van der Waals surface area contributed by atoms with Crippen molar-refractivity contribution >= 4 is 22.6 Å². The topological polar surface area (TPSA) is 46.3 Å². The largest absolute Gasteiger partial charge is 0.458 e. The fourth-order valence-electron chi connectivity index (χ4n) is 2.04. The van der Waals surface area contributed by atoms with Gasteiger partial charge in [0.1, 0.15) is 17.2 Å². The quantitative estimate of drug-likeness (QED) is 0.779. The van der Waals surface area contributed by atoms with Crippen LogP contribution in [0, 0.1) is 5.82 Å². The number of hydrogen-bond donors (Lipinski definition) is 1. The van der Waals surface area contributed by atoms with Gasteiger partial charge in [0.05, 0.1) is 11.9 Å². The van der Waals surface area contributed by atoms with Crippen molar-refractivity contribution in [3.63, 3.8) is 0 Å². The fourth-order valence-corrected chi connectivity index (χ4v) is 2.22. The second kappa shape index (κ2) is 4.58. The number of rotatable bonds is 2. The van der Waals surface area contributed by atoms with Gasteiger partial charge in [-0.3, -0.25) is 4.98 Å². The highest BCUT2D eigenvalue weighted by Crippen LogP contribution is 2.33. The maximum atomic E-state index is 12.9. The van der Waals surface area contributed by atoms with Crippen molar-refractivity contribution in [2.24, 2.45) is 0 Å². The van der Waals surface area contributed by atoms with Crippen molar-refractivity contribution in [1.29, 1.82) is 0 Å². The maximum absolute atomic E-state index is 12.9. The van der Waals surface area contributed by atoms with E-state index < -0.39 is 11.4 Å². The van der Waals surface area contributed by atoms with E-state index in [1.54, 1.807) is 31.2 Å². The molecule has 0 saturated heterocycles. The molecule has 0 radical (unpaired) electrons. The van der Waals surface area contributed by atoms with Gasteiger partial charge in [0.2, 0.25) is 0 Å². The van der Waals surface area contributed by atoms with Crippen LogP contribution in [0.1, 0.15) is 18.4 Å². The van der Waals surface area contributed by atoms with E-state index in [4.69, 9.17) is 16.0 Å². The molecule has 2 aromatic heterocycles. The molecule has 0 bridgehead atoms. The molecule has 0 aliphatic carbocycles. The van der Waals surface area contributed by atoms with E-state index in [-0.39, 0.29) is 0 Å². The number of aliphatic hydroxyl groups is 1. The highest BCUT2D eigenvalue weighted by molar-refractivity contribution is 6.31. The van der Waals surface area contributed by atoms with E-state index in [0.29, 0.717) is 22.1 Å². The predicted octanol–water partition coefficient (Wildman–Crippen LogP) is 3.88. The molecule has 5 heteroatoms. The molecule has 0 fully saturated rings. The van der Waals surface area contributed by atoms with Crippen LogP contribution in [0.5, 0.6) is 0 Å². The zero-order valence-corrected chi connectivity index (χ0v) is 11.4. The van der Waals surface area contributed by atoms with E-state index in [0.717, 1.165) is 11.6 Å². The number of nitrogens with zero attached hydrogens (tertiary/aromatic N) is 1. The Kier molecular flexibility index (Phi) is 3.00. The predicted molar refractivity (Wildman–Crippen MR) is 74.1 cm³/mol. The summed E-state index contributed by atoms with van der Waals surface area (Å²) in [5.41, 5.74) is -0.519. The van der Waals surface area contributed by atoms with Gasteiger partial charge in [-0.1, -0.05) is 11.6 Å². The third-order valence-corrected chi connectivity index (χ3v) is 3.42. The molecule has 1 N–H and O–H groups in total. The Hall–Kier alpha value is -1.91. The summed E-state index contributed by atoms with van der Waals surface area (Å²) in [5.74, 6) is -0.130. The molecule has 2 heterocycles. The van der Waals surface area contributed by atoms with Crippen LogP contribution in [-0.4, -0.2) is 10.1 Å². The highest BCUT2D eigenvalue weighted by atomic mass is 35.5. The molecular weight excluding hydrogens is 281 g/mol.